The average molecular weight is 356 g/mol. The number of rotatable bonds is 4. The van der Waals surface area contributed by atoms with E-state index in [-0.39, 0.29) is 10.7 Å². The van der Waals surface area contributed by atoms with Crippen LogP contribution in [0, 0.1) is 0 Å². The van der Waals surface area contributed by atoms with Crippen LogP contribution >= 0.6 is 11.3 Å². The number of benzene rings is 1. The van der Waals surface area contributed by atoms with Gasteiger partial charge in [0.2, 0.25) is 0 Å². The van der Waals surface area contributed by atoms with E-state index < -0.39 is 22.7 Å². The molecule has 24 heavy (non-hydrogen) atoms. The number of carboxylic acids is 1. The number of hydrogen-bond donors (Lipinski definition) is 1. The van der Waals surface area contributed by atoms with Crippen molar-refractivity contribution in [2.24, 2.45) is 0 Å². The quantitative estimate of drug-likeness (QED) is 0.762. The van der Waals surface area contributed by atoms with Crippen LogP contribution in [0.3, 0.4) is 0 Å². The van der Waals surface area contributed by atoms with Crippen LogP contribution < -0.4 is 4.74 Å². The van der Waals surface area contributed by atoms with Crippen LogP contribution in [-0.4, -0.2) is 27.1 Å². The van der Waals surface area contributed by atoms with Crippen LogP contribution in [0.1, 0.15) is 22.3 Å². The van der Waals surface area contributed by atoms with E-state index in [1.807, 2.05) is 0 Å². The van der Waals surface area contributed by atoms with Crippen LogP contribution in [0.5, 0.6) is 5.75 Å². The lowest BCUT2D eigenvalue weighted by atomic mass is 10.1. The highest BCUT2D eigenvalue weighted by molar-refractivity contribution is 7.19. The van der Waals surface area contributed by atoms with E-state index in [2.05, 4.69) is 4.98 Å². The van der Waals surface area contributed by atoms with E-state index in [0.29, 0.717) is 29.3 Å². The molecule has 3 rings (SSSR count). The summed E-state index contributed by atoms with van der Waals surface area (Å²) in [5.41, 5.74) is -0.407. The third kappa shape index (κ3) is 2.71. The zero-order valence-corrected chi connectivity index (χ0v) is 13.1. The Morgan fingerprint density at radius 2 is 2.08 bits per heavy atom. The summed E-state index contributed by atoms with van der Waals surface area (Å²) in [6.07, 6.45) is -3.62. The first-order valence-corrected chi connectivity index (χ1v) is 7.69. The molecule has 0 aliphatic carbocycles. The third-order valence-electron chi connectivity index (χ3n) is 3.25. The molecule has 0 spiro atoms. The van der Waals surface area contributed by atoms with Crippen LogP contribution in [-0.2, 0) is 6.18 Å². The summed E-state index contributed by atoms with van der Waals surface area (Å²) >= 11 is 0.485. The Labute approximate surface area is 137 Å². The lowest BCUT2D eigenvalue weighted by Gasteiger charge is -2.08. The molecule has 0 bridgehead atoms. The molecule has 0 radical (unpaired) electrons. The molecule has 0 fully saturated rings. The van der Waals surface area contributed by atoms with Gasteiger partial charge in [-0.25, -0.2) is 9.78 Å². The molecular weight excluding hydrogens is 345 g/mol. The topological polar surface area (TPSA) is 63.8 Å². The number of ether oxygens (including phenoxy) is 1. The SMILES string of the molecule is CCOc1ccccc1-c1cn2c(C(F)(F)F)c(C(=O)O)sc2n1. The first kappa shape index (κ1) is 16.3. The van der Waals surface area contributed by atoms with Gasteiger partial charge >= 0.3 is 12.1 Å². The highest BCUT2D eigenvalue weighted by atomic mass is 32.1. The Balaban J connectivity index is 2.21. The summed E-state index contributed by atoms with van der Waals surface area (Å²) in [4.78, 5) is 14.4. The molecule has 0 amide bonds. The fourth-order valence-electron chi connectivity index (χ4n) is 2.34. The molecule has 0 aliphatic heterocycles. The lowest BCUT2D eigenvalue weighted by molar-refractivity contribution is -0.142. The van der Waals surface area contributed by atoms with Crippen LogP contribution in [0.2, 0.25) is 0 Å². The van der Waals surface area contributed by atoms with Crippen molar-refractivity contribution in [2.45, 2.75) is 13.1 Å². The number of alkyl halides is 3. The van der Waals surface area contributed by atoms with Crippen molar-refractivity contribution in [3.8, 4) is 17.0 Å². The predicted octanol–water partition coefficient (Wildman–Crippen LogP) is 4.18. The molecule has 0 unspecified atom stereocenters. The van der Waals surface area contributed by atoms with Gasteiger partial charge in [-0.2, -0.15) is 13.2 Å². The minimum absolute atomic E-state index is 0.0407. The monoisotopic (exact) mass is 356 g/mol. The third-order valence-corrected chi connectivity index (χ3v) is 4.29. The molecule has 0 atom stereocenters. The summed E-state index contributed by atoms with van der Waals surface area (Å²) in [5.74, 6) is -1.13. The van der Waals surface area contributed by atoms with Crippen LogP contribution in [0.25, 0.3) is 16.2 Å². The van der Waals surface area contributed by atoms with Gasteiger partial charge < -0.3 is 9.84 Å². The lowest BCUT2D eigenvalue weighted by Crippen LogP contribution is -2.13. The number of hydrogen-bond acceptors (Lipinski definition) is 4. The highest BCUT2D eigenvalue weighted by Gasteiger charge is 2.40. The number of imidazole rings is 1. The predicted molar refractivity (Wildman–Crippen MR) is 81.6 cm³/mol. The Morgan fingerprint density at radius 3 is 2.71 bits per heavy atom. The summed E-state index contributed by atoms with van der Waals surface area (Å²) in [5, 5.41) is 9.00. The Bertz CT molecular complexity index is 914. The summed E-state index contributed by atoms with van der Waals surface area (Å²) in [7, 11) is 0. The van der Waals surface area contributed by atoms with Gasteiger partial charge in [-0.15, -0.1) is 0 Å². The Morgan fingerprint density at radius 1 is 1.38 bits per heavy atom. The van der Waals surface area contributed by atoms with E-state index in [0.717, 1.165) is 4.40 Å². The van der Waals surface area contributed by atoms with Gasteiger partial charge in [0.25, 0.3) is 0 Å². The average Bonchev–Trinajstić information content (AvgIpc) is 3.04. The smallest absolute Gasteiger partial charge is 0.433 e. The van der Waals surface area contributed by atoms with E-state index in [9.17, 15) is 18.0 Å². The van der Waals surface area contributed by atoms with Crippen LogP contribution in [0.4, 0.5) is 13.2 Å². The van der Waals surface area contributed by atoms with E-state index in [4.69, 9.17) is 9.84 Å². The molecule has 1 aromatic carbocycles. The number of aromatic nitrogens is 2. The van der Waals surface area contributed by atoms with Gasteiger partial charge in [-0.05, 0) is 19.1 Å². The number of fused-ring (bicyclic) bond motifs is 1. The fraction of sp³-hybridized carbons (Fsp3) is 0.200. The highest BCUT2D eigenvalue weighted by Crippen LogP contribution is 2.39. The first-order chi connectivity index (χ1) is 11.3. The maximum atomic E-state index is 13.3. The fourth-order valence-corrected chi connectivity index (χ4v) is 3.31. The van der Waals surface area contributed by atoms with Gasteiger partial charge in [-0.1, -0.05) is 23.5 Å². The summed E-state index contributed by atoms with van der Waals surface area (Å²) in [6, 6.07) is 6.84. The second-order valence-electron chi connectivity index (χ2n) is 4.79. The molecule has 0 aliphatic rings. The minimum atomic E-state index is -4.80. The van der Waals surface area contributed by atoms with Gasteiger partial charge in [0, 0.05) is 11.8 Å². The molecule has 3 aromatic rings. The minimum Gasteiger partial charge on any atom is -0.493 e. The molecular formula is C15H11F3N2O3S. The maximum Gasteiger partial charge on any atom is 0.433 e. The number of nitrogens with zero attached hydrogens (tertiary/aromatic N) is 2. The van der Waals surface area contributed by atoms with Gasteiger partial charge in [0.05, 0.1) is 12.3 Å². The molecule has 0 saturated carbocycles. The molecule has 126 valence electrons. The largest absolute Gasteiger partial charge is 0.493 e. The van der Waals surface area contributed by atoms with E-state index in [1.165, 1.54) is 6.20 Å². The second-order valence-corrected chi connectivity index (χ2v) is 5.77. The summed E-state index contributed by atoms with van der Waals surface area (Å²) in [6.45, 7) is 2.19. The van der Waals surface area contributed by atoms with Crippen molar-refractivity contribution >= 4 is 22.3 Å². The maximum absolute atomic E-state index is 13.3. The van der Waals surface area contributed by atoms with Gasteiger partial charge in [0.1, 0.15) is 10.6 Å². The van der Waals surface area contributed by atoms with Crippen molar-refractivity contribution in [1.29, 1.82) is 0 Å². The first-order valence-electron chi connectivity index (χ1n) is 6.87. The van der Waals surface area contributed by atoms with E-state index >= 15 is 0 Å². The van der Waals surface area contributed by atoms with E-state index in [1.54, 1.807) is 31.2 Å². The molecule has 2 heterocycles. The second kappa shape index (κ2) is 5.82. The zero-order chi connectivity index (χ0) is 17.5. The van der Waals surface area contributed by atoms with Crippen molar-refractivity contribution in [3.05, 3.63) is 41.0 Å². The number of aromatic carboxylic acids is 1. The number of thiazole rings is 1. The molecule has 0 saturated heterocycles. The number of para-hydroxylation sites is 1. The van der Waals surface area contributed by atoms with Gasteiger partial charge in [0.15, 0.2) is 10.7 Å². The molecule has 2 aromatic heterocycles. The Kier molecular flexibility index (Phi) is 3.96. The molecule has 1 N–H and O–H groups in total. The van der Waals surface area contributed by atoms with Crippen molar-refractivity contribution in [1.82, 2.24) is 9.38 Å². The van der Waals surface area contributed by atoms with Gasteiger partial charge in [-0.3, -0.25) is 4.40 Å². The molecule has 9 heteroatoms. The number of carbonyl (C=O) groups is 1. The van der Waals surface area contributed by atoms with Crippen LogP contribution in [0.15, 0.2) is 30.5 Å². The molecule has 5 nitrogen and oxygen atoms in total. The number of halogens is 3. The Hall–Kier alpha value is -2.55. The number of carboxylic acid groups (broad SMARTS) is 1. The van der Waals surface area contributed by atoms with Crippen molar-refractivity contribution in [2.75, 3.05) is 6.61 Å². The normalized spacial score (nSPS) is 11.8. The van der Waals surface area contributed by atoms with Crippen molar-refractivity contribution < 1.29 is 27.8 Å². The van der Waals surface area contributed by atoms with Crippen molar-refractivity contribution in [3.63, 3.8) is 0 Å². The standard InChI is InChI=1S/C15H11F3N2O3S/c1-2-23-10-6-4-3-5-8(10)9-7-20-12(15(16,17)18)11(13(21)22)24-14(20)19-9/h3-7H,2H2,1H3,(H,21,22). The zero-order valence-electron chi connectivity index (χ0n) is 12.3. The summed E-state index contributed by atoms with van der Waals surface area (Å²) < 4.78 is 46.0.